The first-order valence-corrected chi connectivity index (χ1v) is 8.78. The van der Waals surface area contributed by atoms with Gasteiger partial charge in [-0.25, -0.2) is 9.97 Å². The van der Waals surface area contributed by atoms with Gasteiger partial charge in [-0.05, 0) is 37.2 Å². The first kappa shape index (κ1) is 15.1. The van der Waals surface area contributed by atoms with Crippen molar-refractivity contribution in [2.75, 3.05) is 18.4 Å². The monoisotopic (exact) mass is 345 g/mol. The molecule has 0 saturated carbocycles. The summed E-state index contributed by atoms with van der Waals surface area (Å²) < 4.78 is 2.07. The molecule has 7 heteroatoms. The molecule has 1 fully saturated rings. The van der Waals surface area contributed by atoms with Gasteiger partial charge < -0.3 is 10.6 Å². The van der Waals surface area contributed by atoms with Crippen molar-refractivity contribution >= 4 is 11.5 Å². The zero-order valence-corrected chi connectivity index (χ0v) is 14.2. The molecule has 7 nitrogen and oxygen atoms in total. The number of nitrogens with one attached hydrogen (secondary N) is 3. The molecule has 0 spiro atoms. The molecule has 130 valence electrons. The number of nitrogens with zero attached hydrogens (tertiary/aromatic N) is 4. The molecule has 4 aromatic heterocycles. The standard InChI is InChI=1S/C19H19N7/c1-2-16(25-18(3-1)24-15-6-7-20-10-15)17-11-21-19-5-4-13(12-26(17)19)14-8-22-23-9-14/h1-5,8-9,11-12,15,20H,6-7,10H2,(H,22,23)(H,24,25). The Balaban J connectivity index is 1.53. The molecule has 0 aliphatic carbocycles. The third-order valence-corrected chi connectivity index (χ3v) is 4.76. The minimum Gasteiger partial charge on any atom is -0.366 e. The fourth-order valence-electron chi connectivity index (χ4n) is 3.39. The van der Waals surface area contributed by atoms with Gasteiger partial charge >= 0.3 is 0 Å². The van der Waals surface area contributed by atoms with Gasteiger partial charge in [0.25, 0.3) is 0 Å². The lowest BCUT2D eigenvalue weighted by Crippen LogP contribution is -2.22. The number of fused-ring (bicyclic) bond motifs is 1. The zero-order valence-electron chi connectivity index (χ0n) is 14.2. The maximum atomic E-state index is 4.80. The molecule has 5 rings (SSSR count). The predicted octanol–water partition coefficient (Wildman–Crippen LogP) is 2.56. The third-order valence-electron chi connectivity index (χ3n) is 4.76. The minimum atomic E-state index is 0.438. The Morgan fingerprint density at radius 2 is 2.12 bits per heavy atom. The van der Waals surface area contributed by atoms with Crippen LogP contribution in [0.15, 0.2) is 55.1 Å². The number of rotatable bonds is 4. The maximum absolute atomic E-state index is 4.80. The van der Waals surface area contributed by atoms with Crippen LogP contribution in [0, 0.1) is 0 Å². The fourth-order valence-corrected chi connectivity index (χ4v) is 3.39. The van der Waals surface area contributed by atoms with Gasteiger partial charge in [0.2, 0.25) is 0 Å². The molecule has 0 aromatic carbocycles. The Morgan fingerprint density at radius 3 is 2.96 bits per heavy atom. The van der Waals surface area contributed by atoms with Crippen molar-refractivity contribution in [3.63, 3.8) is 0 Å². The van der Waals surface area contributed by atoms with Crippen LogP contribution in [0.4, 0.5) is 5.82 Å². The number of hydrogen-bond donors (Lipinski definition) is 3. The molecule has 1 aliphatic heterocycles. The average molecular weight is 345 g/mol. The Hall–Kier alpha value is -3.19. The van der Waals surface area contributed by atoms with E-state index in [-0.39, 0.29) is 0 Å². The number of pyridine rings is 2. The highest BCUT2D eigenvalue weighted by Crippen LogP contribution is 2.24. The second kappa shape index (κ2) is 6.27. The molecular weight excluding hydrogens is 326 g/mol. The van der Waals surface area contributed by atoms with Gasteiger partial charge in [0.1, 0.15) is 11.5 Å². The molecule has 5 heterocycles. The third kappa shape index (κ3) is 2.72. The van der Waals surface area contributed by atoms with Crippen molar-refractivity contribution in [1.29, 1.82) is 0 Å². The van der Waals surface area contributed by atoms with E-state index < -0.39 is 0 Å². The lowest BCUT2D eigenvalue weighted by molar-refractivity contribution is 0.788. The summed E-state index contributed by atoms with van der Waals surface area (Å²) in [5.74, 6) is 0.900. The highest BCUT2D eigenvalue weighted by Gasteiger charge is 2.15. The molecule has 1 atom stereocenters. The van der Waals surface area contributed by atoms with E-state index in [0.29, 0.717) is 6.04 Å². The van der Waals surface area contributed by atoms with Gasteiger partial charge in [0, 0.05) is 36.1 Å². The van der Waals surface area contributed by atoms with Crippen LogP contribution in [0.2, 0.25) is 0 Å². The molecule has 3 N–H and O–H groups in total. The van der Waals surface area contributed by atoms with E-state index in [4.69, 9.17) is 4.98 Å². The van der Waals surface area contributed by atoms with E-state index in [0.717, 1.165) is 53.5 Å². The van der Waals surface area contributed by atoms with Gasteiger partial charge in [-0.15, -0.1) is 0 Å². The molecule has 0 bridgehead atoms. The minimum absolute atomic E-state index is 0.438. The first-order valence-electron chi connectivity index (χ1n) is 8.78. The van der Waals surface area contributed by atoms with Crippen molar-refractivity contribution in [3.05, 3.63) is 55.1 Å². The average Bonchev–Trinajstić information content (AvgIpc) is 3.43. The van der Waals surface area contributed by atoms with Crippen molar-refractivity contribution in [3.8, 4) is 22.5 Å². The summed E-state index contributed by atoms with van der Waals surface area (Å²) in [5, 5.41) is 13.8. The smallest absolute Gasteiger partial charge is 0.137 e. The fraction of sp³-hybridized carbons (Fsp3) is 0.211. The van der Waals surface area contributed by atoms with E-state index in [1.807, 2.05) is 42.9 Å². The first-order chi connectivity index (χ1) is 12.9. The van der Waals surface area contributed by atoms with Crippen molar-refractivity contribution < 1.29 is 0 Å². The number of imidazole rings is 1. The summed E-state index contributed by atoms with van der Waals surface area (Å²) in [6.07, 6.45) is 8.77. The number of anilines is 1. The van der Waals surface area contributed by atoms with Crippen LogP contribution in [-0.4, -0.2) is 43.7 Å². The number of aromatic amines is 1. The van der Waals surface area contributed by atoms with Gasteiger partial charge in [-0.2, -0.15) is 5.10 Å². The van der Waals surface area contributed by atoms with Crippen molar-refractivity contribution in [2.24, 2.45) is 0 Å². The topological polar surface area (TPSA) is 82.9 Å². The van der Waals surface area contributed by atoms with Crippen molar-refractivity contribution in [1.82, 2.24) is 29.9 Å². The molecular formula is C19H19N7. The number of H-pyrrole nitrogens is 1. The highest BCUT2D eigenvalue weighted by molar-refractivity contribution is 5.67. The second-order valence-corrected chi connectivity index (χ2v) is 6.52. The molecule has 1 unspecified atom stereocenters. The van der Waals surface area contributed by atoms with Gasteiger partial charge in [-0.3, -0.25) is 9.50 Å². The summed E-state index contributed by atoms with van der Waals surface area (Å²) in [7, 11) is 0. The summed E-state index contributed by atoms with van der Waals surface area (Å²) in [6.45, 7) is 2.04. The van der Waals surface area contributed by atoms with E-state index >= 15 is 0 Å². The van der Waals surface area contributed by atoms with E-state index in [9.17, 15) is 0 Å². The van der Waals surface area contributed by atoms with E-state index in [2.05, 4.69) is 42.5 Å². The highest BCUT2D eigenvalue weighted by atomic mass is 15.1. The normalized spacial score (nSPS) is 17.0. The summed E-state index contributed by atoms with van der Waals surface area (Å²) >= 11 is 0. The molecule has 0 amide bonds. The second-order valence-electron chi connectivity index (χ2n) is 6.52. The van der Waals surface area contributed by atoms with Crippen LogP contribution < -0.4 is 10.6 Å². The van der Waals surface area contributed by atoms with Crippen LogP contribution in [0.3, 0.4) is 0 Å². The van der Waals surface area contributed by atoms with Gasteiger partial charge in [-0.1, -0.05) is 6.07 Å². The molecule has 0 radical (unpaired) electrons. The van der Waals surface area contributed by atoms with Crippen LogP contribution in [0.25, 0.3) is 28.2 Å². The summed E-state index contributed by atoms with van der Waals surface area (Å²) in [5.41, 5.74) is 4.89. The Morgan fingerprint density at radius 1 is 1.12 bits per heavy atom. The van der Waals surface area contributed by atoms with Gasteiger partial charge in [0.05, 0.1) is 23.8 Å². The summed E-state index contributed by atoms with van der Waals surface area (Å²) in [4.78, 5) is 9.32. The van der Waals surface area contributed by atoms with Crippen LogP contribution in [-0.2, 0) is 0 Å². The van der Waals surface area contributed by atoms with E-state index in [1.165, 1.54) is 0 Å². The lowest BCUT2D eigenvalue weighted by atomic mass is 10.1. The maximum Gasteiger partial charge on any atom is 0.137 e. The number of aromatic nitrogens is 5. The summed E-state index contributed by atoms with van der Waals surface area (Å²) in [6, 6.07) is 10.6. The Labute approximate surface area is 150 Å². The van der Waals surface area contributed by atoms with Gasteiger partial charge in [0.15, 0.2) is 0 Å². The SMILES string of the molecule is c1cc(NC2CCNC2)nc(-c2cnc3ccc(-c4cn[nH]c4)cn23)c1. The quantitative estimate of drug-likeness (QED) is 0.529. The molecule has 4 aromatic rings. The Kier molecular flexibility index (Phi) is 3.64. The largest absolute Gasteiger partial charge is 0.366 e. The van der Waals surface area contributed by atoms with E-state index in [1.54, 1.807) is 0 Å². The van der Waals surface area contributed by atoms with Crippen LogP contribution in [0.1, 0.15) is 6.42 Å². The van der Waals surface area contributed by atoms with Crippen molar-refractivity contribution in [2.45, 2.75) is 12.5 Å². The molecule has 1 aliphatic rings. The zero-order chi connectivity index (χ0) is 17.3. The Bertz CT molecular complexity index is 1030. The lowest BCUT2D eigenvalue weighted by Gasteiger charge is -2.12. The number of hydrogen-bond acceptors (Lipinski definition) is 5. The van der Waals surface area contributed by atoms with Crippen LogP contribution >= 0.6 is 0 Å². The predicted molar refractivity (Wildman–Crippen MR) is 101 cm³/mol. The van der Waals surface area contributed by atoms with Crippen LogP contribution in [0.5, 0.6) is 0 Å². The molecule has 1 saturated heterocycles. The molecule has 26 heavy (non-hydrogen) atoms.